The first-order valence-corrected chi connectivity index (χ1v) is 8.68. The van der Waals surface area contributed by atoms with Gasteiger partial charge in [-0.15, -0.1) is 0 Å². The molecule has 10 heteroatoms. The Bertz CT molecular complexity index is 492. The minimum Gasteiger partial charge on any atom is -0.466 e. The first-order valence-electron chi connectivity index (χ1n) is 5.57. The van der Waals surface area contributed by atoms with Crippen molar-refractivity contribution >= 4 is 26.2 Å². The molecule has 0 bridgehead atoms. The smallest absolute Gasteiger partial charge is 0.310 e. The van der Waals surface area contributed by atoms with Gasteiger partial charge in [0.2, 0.25) is 0 Å². The van der Waals surface area contributed by atoms with Gasteiger partial charge in [0.25, 0.3) is 20.2 Å². The van der Waals surface area contributed by atoms with Crippen LogP contribution in [-0.4, -0.2) is 49.5 Å². The summed E-state index contributed by atoms with van der Waals surface area (Å²) in [5.41, 5.74) is 0. The van der Waals surface area contributed by atoms with E-state index in [2.05, 4.69) is 4.74 Å². The first-order chi connectivity index (χ1) is 8.49. The highest BCUT2D eigenvalue weighted by molar-refractivity contribution is 7.86. The molecule has 0 aliphatic carbocycles. The summed E-state index contributed by atoms with van der Waals surface area (Å²) in [4.78, 5) is 11.4. The fourth-order valence-corrected chi connectivity index (χ4v) is 3.17. The van der Waals surface area contributed by atoms with Gasteiger partial charge in [-0.25, -0.2) is 0 Å². The Hall–Kier alpha value is -0.710. The fraction of sp³-hybridized carbons (Fsp3) is 0.889. The second-order valence-corrected chi connectivity index (χ2v) is 7.23. The zero-order chi connectivity index (χ0) is 15.3. The SMILES string of the molecule is CCOC(=O)C(C)C(CCCS(=O)(=O)O)S(=O)(=O)O. The van der Waals surface area contributed by atoms with E-state index >= 15 is 0 Å². The molecule has 0 radical (unpaired) electrons. The van der Waals surface area contributed by atoms with Gasteiger partial charge in [-0.05, 0) is 19.8 Å². The maximum Gasteiger partial charge on any atom is 0.310 e. The van der Waals surface area contributed by atoms with Crippen molar-refractivity contribution < 1.29 is 35.5 Å². The molecule has 2 unspecified atom stereocenters. The van der Waals surface area contributed by atoms with Gasteiger partial charge in [-0.2, -0.15) is 16.8 Å². The van der Waals surface area contributed by atoms with E-state index in [1.165, 1.54) is 6.92 Å². The Balaban J connectivity index is 4.80. The molecule has 0 saturated heterocycles. The number of ether oxygens (including phenoxy) is 1. The van der Waals surface area contributed by atoms with Crippen LogP contribution in [0.5, 0.6) is 0 Å². The summed E-state index contributed by atoms with van der Waals surface area (Å²) in [7, 11) is -8.74. The average Bonchev–Trinajstić information content (AvgIpc) is 2.20. The van der Waals surface area contributed by atoms with E-state index in [0.29, 0.717) is 0 Å². The molecule has 0 fully saturated rings. The highest BCUT2D eigenvalue weighted by atomic mass is 32.2. The molecule has 0 spiro atoms. The third-order valence-electron chi connectivity index (χ3n) is 2.49. The molecule has 2 N–H and O–H groups in total. The van der Waals surface area contributed by atoms with Crippen molar-refractivity contribution in [3.63, 3.8) is 0 Å². The predicted molar refractivity (Wildman–Crippen MR) is 66.8 cm³/mol. The maximum atomic E-state index is 11.4. The Kier molecular flexibility index (Phi) is 6.91. The normalized spacial score (nSPS) is 15.8. The van der Waals surface area contributed by atoms with Crippen LogP contribution in [0.3, 0.4) is 0 Å². The van der Waals surface area contributed by atoms with Crippen LogP contribution in [0.2, 0.25) is 0 Å². The Morgan fingerprint density at radius 3 is 2.11 bits per heavy atom. The van der Waals surface area contributed by atoms with Crippen LogP contribution in [0, 0.1) is 5.92 Å². The number of carbonyl (C=O) groups excluding carboxylic acids is 1. The van der Waals surface area contributed by atoms with Gasteiger partial charge in [0.1, 0.15) is 0 Å². The molecular weight excluding hydrogens is 300 g/mol. The van der Waals surface area contributed by atoms with Gasteiger partial charge in [-0.1, -0.05) is 6.92 Å². The van der Waals surface area contributed by atoms with Gasteiger partial charge in [0, 0.05) is 0 Å². The van der Waals surface area contributed by atoms with Crippen molar-refractivity contribution in [1.82, 2.24) is 0 Å². The average molecular weight is 318 g/mol. The summed E-state index contributed by atoms with van der Waals surface area (Å²) in [6, 6.07) is 0. The van der Waals surface area contributed by atoms with Crippen LogP contribution >= 0.6 is 0 Å². The van der Waals surface area contributed by atoms with E-state index in [9.17, 15) is 21.6 Å². The Morgan fingerprint density at radius 1 is 1.21 bits per heavy atom. The quantitative estimate of drug-likeness (QED) is 0.475. The molecule has 114 valence electrons. The number of carbonyl (C=O) groups is 1. The second-order valence-electron chi connectivity index (χ2n) is 4.02. The third-order valence-corrected chi connectivity index (χ3v) is 4.70. The highest BCUT2D eigenvalue weighted by Gasteiger charge is 2.34. The topological polar surface area (TPSA) is 135 Å². The standard InChI is InChI=1S/C9H18O8S2/c1-3-17-9(10)7(2)8(19(14,15)16)5-4-6-18(11,12)13/h7-8H,3-6H2,1-2H3,(H,11,12,13)(H,14,15,16). The molecular formula is C9H18O8S2. The predicted octanol–water partition coefficient (Wildman–Crippen LogP) is 0.110. The van der Waals surface area contributed by atoms with Crippen molar-refractivity contribution in [3.8, 4) is 0 Å². The maximum absolute atomic E-state index is 11.4. The van der Waals surface area contributed by atoms with E-state index in [1.54, 1.807) is 6.92 Å². The van der Waals surface area contributed by atoms with Crippen LogP contribution in [0.4, 0.5) is 0 Å². The zero-order valence-corrected chi connectivity index (χ0v) is 12.3. The molecule has 0 aromatic carbocycles. The van der Waals surface area contributed by atoms with Crippen molar-refractivity contribution in [2.45, 2.75) is 31.9 Å². The Labute approximate surface area is 112 Å². The monoisotopic (exact) mass is 318 g/mol. The fourth-order valence-electron chi connectivity index (χ4n) is 1.55. The highest BCUT2D eigenvalue weighted by Crippen LogP contribution is 2.19. The summed E-state index contributed by atoms with van der Waals surface area (Å²) in [5.74, 6) is -2.57. The Morgan fingerprint density at radius 2 is 1.74 bits per heavy atom. The van der Waals surface area contributed by atoms with E-state index in [-0.39, 0.29) is 19.4 Å². The first kappa shape index (κ1) is 18.3. The minimum absolute atomic E-state index is 0.0619. The minimum atomic E-state index is -4.52. The van der Waals surface area contributed by atoms with E-state index < -0.39 is 43.1 Å². The molecule has 0 aliphatic rings. The van der Waals surface area contributed by atoms with E-state index in [1.807, 2.05) is 0 Å². The van der Waals surface area contributed by atoms with Gasteiger partial charge in [0.05, 0.1) is 23.5 Å². The van der Waals surface area contributed by atoms with Crippen LogP contribution in [-0.2, 0) is 29.8 Å². The lowest BCUT2D eigenvalue weighted by Crippen LogP contribution is -2.34. The number of hydrogen-bond acceptors (Lipinski definition) is 6. The molecule has 0 aliphatic heterocycles. The molecule has 8 nitrogen and oxygen atoms in total. The zero-order valence-electron chi connectivity index (χ0n) is 10.6. The number of esters is 1. The summed E-state index contributed by atoms with van der Waals surface area (Å²) in [6.45, 7) is 2.88. The summed E-state index contributed by atoms with van der Waals surface area (Å²) < 4.78 is 65.6. The molecule has 0 aromatic rings. The van der Waals surface area contributed by atoms with Gasteiger partial charge < -0.3 is 4.74 Å². The molecule has 0 rings (SSSR count). The molecule has 0 saturated carbocycles. The molecule has 0 heterocycles. The summed E-state index contributed by atoms with van der Waals surface area (Å²) in [5, 5.41) is -1.46. The van der Waals surface area contributed by atoms with Crippen molar-refractivity contribution in [2.24, 2.45) is 5.92 Å². The molecule has 0 amide bonds. The van der Waals surface area contributed by atoms with E-state index in [4.69, 9.17) is 9.11 Å². The van der Waals surface area contributed by atoms with Gasteiger partial charge in [0.15, 0.2) is 0 Å². The lowest BCUT2D eigenvalue weighted by Gasteiger charge is -2.19. The van der Waals surface area contributed by atoms with Gasteiger partial charge in [-0.3, -0.25) is 13.9 Å². The van der Waals surface area contributed by atoms with Crippen molar-refractivity contribution in [1.29, 1.82) is 0 Å². The second kappa shape index (κ2) is 7.17. The lowest BCUT2D eigenvalue weighted by atomic mass is 10.0. The number of hydrogen-bond donors (Lipinski definition) is 2. The molecule has 2 atom stereocenters. The largest absolute Gasteiger partial charge is 0.466 e. The summed E-state index contributed by atoms with van der Waals surface area (Å²) in [6.07, 6.45) is -0.481. The van der Waals surface area contributed by atoms with Gasteiger partial charge >= 0.3 is 5.97 Å². The van der Waals surface area contributed by atoms with Crippen LogP contribution in [0.15, 0.2) is 0 Å². The van der Waals surface area contributed by atoms with Crippen LogP contribution in [0.25, 0.3) is 0 Å². The lowest BCUT2D eigenvalue weighted by molar-refractivity contribution is -0.147. The third kappa shape index (κ3) is 7.45. The number of rotatable bonds is 8. The summed E-state index contributed by atoms with van der Waals surface area (Å²) >= 11 is 0. The van der Waals surface area contributed by atoms with E-state index in [0.717, 1.165) is 0 Å². The van der Waals surface area contributed by atoms with Crippen LogP contribution in [0.1, 0.15) is 26.7 Å². The van der Waals surface area contributed by atoms with Crippen LogP contribution < -0.4 is 0 Å². The molecule has 0 aromatic heterocycles. The van der Waals surface area contributed by atoms with Crippen molar-refractivity contribution in [3.05, 3.63) is 0 Å². The molecule has 19 heavy (non-hydrogen) atoms. The van der Waals surface area contributed by atoms with Crippen molar-refractivity contribution in [2.75, 3.05) is 12.4 Å².